The average Bonchev–Trinajstić information content (AvgIpc) is 3.04. The molecule has 0 aliphatic carbocycles. The van der Waals surface area contributed by atoms with Crippen LogP contribution >= 0.6 is 27.5 Å². The molecule has 0 radical (unpaired) electrons. The molecule has 6 nitrogen and oxygen atoms in total. The molecular weight excluding hydrogens is 482 g/mol. The summed E-state index contributed by atoms with van der Waals surface area (Å²) in [5, 5.41) is 17.1. The van der Waals surface area contributed by atoms with Gasteiger partial charge in [0.05, 0.1) is 29.2 Å². The summed E-state index contributed by atoms with van der Waals surface area (Å²) < 4.78 is 2.69. The number of carbonyl (C=O) groups excluding carboxylic acids is 1. The van der Waals surface area contributed by atoms with E-state index >= 15 is 0 Å². The lowest BCUT2D eigenvalue weighted by Gasteiger charge is -2.10. The Kier molecular flexibility index (Phi) is 7.51. The Hall–Kier alpha value is -2.64. The molecule has 3 aromatic rings. The summed E-state index contributed by atoms with van der Waals surface area (Å²) in [6, 6.07) is 12.6. The molecule has 3 rings (SSSR count). The molecule has 31 heavy (non-hydrogen) atoms. The first-order valence-corrected chi connectivity index (χ1v) is 11.1. The van der Waals surface area contributed by atoms with Crippen molar-refractivity contribution in [2.24, 2.45) is 0 Å². The predicted octanol–water partition coefficient (Wildman–Crippen LogP) is 5.35. The van der Waals surface area contributed by atoms with Crippen LogP contribution in [0.3, 0.4) is 0 Å². The van der Waals surface area contributed by atoms with Gasteiger partial charge in [-0.3, -0.25) is 14.3 Å². The minimum absolute atomic E-state index is 0.0179. The van der Waals surface area contributed by atoms with Gasteiger partial charge in [0.15, 0.2) is 0 Å². The summed E-state index contributed by atoms with van der Waals surface area (Å²) in [5.41, 5.74) is 4.64. The van der Waals surface area contributed by atoms with Crippen molar-refractivity contribution < 1.29 is 14.7 Å². The Morgan fingerprint density at radius 2 is 1.84 bits per heavy atom. The third-order valence-corrected chi connectivity index (χ3v) is 5.77. The third kappa shape index (κ3) is 5.54. The number of carbonyl (C=O) groups is 2. The lowest BCUT2D eigenvalue weighted by atomic mass is 10.1. The van der Waals surface area contributed by atoms with E-state index in [1.54, 1.807) is 18.2 Å². The maximum atomic E-state index is 12.5. The quantitative estimate of drug-likeness (QED) is 0.433. The summed E-state index contributed by atoms with van der Waals surface area (Å²) in [6.45, 7) is 4.51. The molecule has 0 spiro atoms. The SMILES string of the molecule is CCc1nn(Cc2ccc(NC(=O)c3ccc(Br)cc3Cl)cc2)c(CC)c1CC(=O)O. The lowest BCUT2D eigenvalue weighted by Crippen LogP contribution is -2.12. The third-order valence-electron chi connectivity index (χ3n) is 4.97. The number of nitrogens with zero attached hydrogens (tertiary/aromatic N) is 2. The van der Waals surface area contributed by atoms with Crippen LogP contribution in [0, 0.1) is 0 Å². The van der Waals surface area contributed by atoms with Gasteiger partial charge >= 0.3 is 5.97 Å². The fourth-order valence-corrected chi connectivity index (χ4v) is 4.25. The van der Waals surface area contributed by atoms with E-state index in [2.05, 4.69) is 26.3 Å². The van der Waals surface area contributed by atoms with Crippen LogP contribution in [0.5, 0.6) is 0 Å². The number of benzene rings is 2. The van der Waals surface area contributed by atoms with E-state index in [1.807, 2.05) is 42.8 Å². The first-order chi connectivity index (χ1) is 14.8. The van der Waals surface area contributed by atoms with Crippen molar-refractivity contribution in [3.63, 3.8) is 0 Å². The number of hydrogen-bond acceptors (Lipinski definition) is 3. The average molecular weight is 505 g/mol. The highest BCUT2D eigenvalue weighted by Crippen LogP contribution is 2.23. The normalized spacial score (nSPS) is 10.8. The van der Waals surface area contributed by atoms with E-state index in [-0.39, 0.29) is 12.3 Å². The number of aryl methyl sites for hydroxylation is 1. The van der Waals surface area contributed by atoms with Gasteiger partial charge < -0.3 is 10.4 Å². The van der Waals surface area contributed by atoms with E-state index in [4.69, 9.17) is 11.6 Å². The van der Waals surface area contributed by atoms with Gasteiger partial charge in [-0.15, -0.1) is 0 Å². The second-order valence-corrected chi connectivity index (χ2v) is 8.41. The van der Waals surface area contributed by atoms with Crippen LogP contribution in [0.15, 0.2) is 46.9 Å². The Bertz CT molecular complexity index is 1110. The fourth-order valence-electron chi connectivity index (χ4n) is 3.49. The van der Waals surface area contributed by atoms with E-state index < -0.39 is 5.97 Å². The van der Waals surface area contributed by atoms with E-state index in [1.165, 1.54) is 0 Å². The second-order valence-electron chi connectivity index (χ2n) is 7.08. The molecule has 0 aliphatic heterocycles. The Balaban J connectivity index is 1.76. The molecule has 0 bridgehead atoms. The van der Waals surface area contributed by atoms with Gasteiger partial charge in [-0.1, -0.05) is 53.5 Å². The first-order valence-electron chi connectivity index (χ1n) is 9.96. The van der Waals surface area contributed by atoms with Crippen LogP contribution in [-0.4, -0.2) is 26.8 Å². The van der Waals surface area contributed by atoms with Crippen LogP contribution < -0.4 is 5.32 Å². The van der Waals surface area contributed by atoms with Gasteiger partial charge in [0.25, 0.3) is 5.91 Å². The molecule has 0 fully saturated rings. The summed E-state index contributed by atoms with van der Waals surface area (Å²) in [7, 11) is 0. The topological polar surface area (TPSA) is 84.2 Å². The van der Waals surface area contributed by atoms with Crippen LogP contribution in [-0.2, 0) is 30.6 Å². The van der Waals surface area contributed by atoms with Crippen LogP contribution in [0.25, 0.3) is 0 Å². The molecule has 1 heterocycles. The molecule has 1 amide bonds. The van der Waals surface area contributed by atoms with Crippen LogP contribution in [0.2, 0.25) is 5.02 Å². The Morgan fingerprint density at radius 1 is 1.13 bits per heavy atom. The summed E-state index contributed by atoms with van der Waals surface area (Å²) in [6.07, 6.45) is 1.37. The molecule has 2 N–H and O–H groups in total. The molecule has 8 heteroatoms. The summed E-state index contributed by atoms with van der Waals surface area (Å²) in [4.78, 5) is 23.8. The number of aliphatic carboxylic acids is 1. The number of aromatic nitrogens is 2. The van der Waals surface area contributed by atoms with Crippen molar-refractivity contribution in [2.45, 2.75) is 39.7 Å². The number of amides is 1. The second kappa shape index (κ2) is 10.1. The van der Waals surface area contributed by atoms with Gasteiger partial charge in [0, 0.05) is 21.4 Å². The van der Waals surface area contributed by atoms with Crippen molar-refractivity contribution in [1.29, 1.82) is 0 Å². The molecule has 0 atom stereocenters. The monoisotopic (exact) mass is 503 g/mol. The number of hydrogen-bond donors (Lipinski definition) is 2. The van der Waals surface area contributed by atoms with Crippen molar-refractivity contribution in [2.75, 3.05) is 5.32 Å². The van der Waals surface area contributed by atoms with Crippen molar-refractivity contribution in [1.82, 2.24) is 9.78 Å². The Labute approximate surface area is 194 Å². The maximum absolute atomic E-state index is 12.5. The molecule has 0 saturated carbocycles. The van der Waals surface area contributed by atoms with Crippen LogP contribution in [0.4, 0.5) is 5.69 Å². The first kappa shape index (κ1) is 23.0. The molecule has 2 aromatic carbocycles. The number of anilines is 1. The Morgan fingerprint density at radius 3 is 2.42 bits per heavy atom. The molecule has 0 unspecified atom stereocenters. The maximum Gasteiger partial charge on any atom is 0.307 e. The van der Waals surface area contributed by atoms with Crippen molar-refractivity contribution in [3.8, 4) is 0 Å². The summed E-state index contributed by atoms with van der Waals surface area (Å²) >= 11 is 9.48. The van der Waals surface area contributed by atoms with Crippen molar-refractivity contribution in [3.05, 3.63) is 80.0 Å². The van der Waals surface area contributed by atoms with Gasteiger partial charge in [0.2, 0.25) is 0 Å². The highest BCUT2D eigenvalue weighted by molar-refractivity contribution is 9.10. The van der Waals surface area contributed by atoms with E-state index in [9.17, 15) is 14.7 Å². The van der Waals surface area contributed by atoms with Crippen LogP contribution in [0.1, 0.15) is 46.7 Å². The molecule has 0 saturated heterocycles. The lowest BCUT2D eigenvalue weighted by molar-refractivity contribution is -0.136. The largest absolute Gasteiger partial charge is 0.481 e. The number of carboxylic acids is 1. The number of nitrogens with one attached hydrogen (secondary N) is 1. The minimum Gasteiger partial charge on any atom is -0.481 e. The minimum atomic E-state index is -0.852. The number of rotatable bonds is 8. The highest BCUT2D eigenvalue weighted by Gasteiger charge is 2.18. The molecule has 0 aliphatic rings. The molecule has 162 valence electrons. The zero-order chi connectivity index (χ0) is 22.5. The zero-order valence-corrected chi connectivity index (χ0v) is 19.6. The fraction of sp³-hybridized carbons (Fsp3) is 0.261. The molecule has 1 aromatic heterocycles. The van der Waals surface area contributed by atoms with Gasteiger partial charge in [-0.05, 0) is 48.7 Å². The smallest absolute Gasteiger partial charge is 0.307 e. The van der Waals surface area contributed by atoms with Gasteiger partial charge in [-0.2, -0.15) is 5.10 Å². The standard InChI is InChI=1S/C23H23BrClN3O3/c1-3-20-18(12-22(29)30)21(4-2)28(27-20)13-14-5-8-16(9-6-14)26-23(31)17-10-7-15(24)11-19(17)25/h5-11H,3-4,12-13H2,1-2H3,(H,26,31)(H,29,30). The van der Waals surface area contributed by atoms with E-state index in [0.717, 1.165) is 27.0 Å². The van der Waals surface area contributed by atoms with Crippen molar-refractivity contribution >= 4 is 45.1 Å². The number of halogens is 2. The highest BCUT2D eigenvalue weighted by atomic mass is 79.9. The number of carboxylic acid groups (broad SMARTS) is 1. The van der Waals surface area contributed by atoms with E-state index in [0.29, 0.717) is 35.7 Å². The zero-order valence-electron chi connectivity index (χ0n) is 17.3. The summed E-state index contributed by atoms with van der Waals surface area (Å²) in [5.74, 6) is -1.13. The molecular formula is C23H23BrClN3O3. The van der Waals surface area contributed by atoms with Gasteiger partial charge in [-0.25, -0.2) is 0 Å². The predicted molar refractivity (Wildman–Crippen MR) is 125 cm³/mol. The van der Waals surface area contributed by atoms with Gasteiger partial charge in [0.1, 0.15) is 0 Å².